The first-order valence-corrected chi connectivity index (χ1v) is 3.27. The van der Waals surface area contributed by atoms with E-state index in [0.717, 1.165) is 12.8 Å². The van der Waals surface area contributed by atoms with Gasteiger partial charge in [-0.1, -0.05) is 0 Å². The smallest absolute Gasteiger partial charge is 0.181 e. The van der Waals surface area contributed by atoms with Crippen molar-refractivity contribution in [3.8, 4) is 0 Å². The van der Waals surface area contributed by atoms with Crippen LogP contribution in [0.1, 0.15) is 12.8 Å². The lowest BCUT2D eigenvalue weighted by atomic mass is 10.3. The summed E-state index contributed by atoms with van der Waals surface area (Å²) < 4.78 is 4.72. The summed E-state index contributed by atoms with van der Waals surface area (Å²) in [4.78, 5) is 0. The summed E-state index contributed by atoms with van der Waals surface area (Å²) in [6, 6.07) is 0. The second-order valence-corrected chi connectivity index (χ2v) is 2.27. The number of aliphatic hydroxyl groups is 1. The average Bonchev–Trinajstić information content (AvgIpc) is 2.42. The number of ether oxygens (including phenoxy) is 1. The van der Waals surface area contributed by atoms with E-state index >= 15 is 0 Å². The van der Waals surface area contributed by atoms with E-state index in [2.05, 4.69) is 0 Å². The van der Waals surface area contributed by atoms with Crippen LogP contribution in [0.4, 0.5) is 0 Å². The molecule has 1 rings (SSSR count). The quantitative estimate of drug-likeness (QED) is 0.458. The van der Waals surface area contributed by atoms with E-state index < -0.39 is 6.29 Å². The molecular formula is C5H9ClO2. The summed E-state index contributed by atoms with van der Waals surface area (Å²) >= 11 is 5.38. The number of halogens is 1. The lowest BCUT2D eigenvalue weighted by Crippen LogP contribution is -1.91. The molecule has 0 spiro atoms. The van der Waals surface area contributed by atoms with E-state index in [1.54, 1.807) is 0 Å². The maximum absolute atomic E-state index is 8.59. The molecule has 2 nitrogen and oxygen atoms in total. The summed E-state index contributed by atoms with van der Waals surface area (Å²) in [5.74, 6) is 0.659. The Labute approximate surface area is 53.4 Å². The third-order valence-electron chi connectivity index (χ3n) is 1.18. The van der Waals surface area contributed by atoms with E-state index in [9.17, 15) is 0 Å². The molecule has 0 bridgehead atoms. The zero-order valence-corrected chi connectivity index (χ0v) is 5.27. The molecule has 0 saturated carbocycles. The van der Waals surface area contributed by atoms with E-state index in [-0.39, 0.29) is 6.10 Å². The van der Waals surface area contributed by atoms with Crippen LogP contribution >= 0.6 is 11.6 Å². The highest BCUT2D eigenvalue weighted by atomic mass is 35.5. The van der Waals surface area contributed by atoms with Gasteiger partial charge in [0, 0.05) is 5.88 Å². The average molecular weight is 137 g/mol. The molecule has 48 valence electrons. The van der Waals surface area contributed by atoms with Gasteiger partial charge in [0.1, 0.15) is 6.10 Å². The Bertz CT molecular complexity index is 76.8. The lowest BCUT2D eigenvalue weighted by molar-refractivity contribution is 0.156. The Morgan fingerprint density at radius 1 is 1.62 bits per heavy atom. The van der Waals surface area contributed by atoms with Gasteiger partial charge in [-0.3, -0.25) is 0 Å². The Morgan fingerprint density at radius 3 is 2.62 bits per heavy atom. The number of rotatable bonds is 3. The summed E-state index contributed by atoms with van der Waals surface area (Å²) in [6.07, 6.45) is 1.43. The van der Waals surface area contributed by atoms with Crippen molar-refractivity contribution in [2.75, 3.05) is 5.88 Å². The zero-order valence-electron chi connectivity index (χ0n) is 4.51. The third-order valence-corrected chi connectivity index (χ3v) is 1.45. The molecule has 0 aliphatic carbocycles. The summed E-state index contributed by atoms with van der Waals surface area (Å²) in [5.41, 5.74) is 0. The number of aliphatic hydroxyl groups excluding tert-OH is 1. The maximum atomic E-state index is 8.59. The Hall–Kier alpha value is 0.210. The van der Waals surface area contributed by atoms with Crippen LogP contribution in [0.15, 0.2) is 0 Å². The molecule has 2 unspecified atom stereocenters. The largest absolute Gasteiger partial charge is 0.366 e. The van der Waals surface area contributed by atoms with Gasteiger partial charge in [0.25, 0.3) is 0 Å². The minimum absolute atomic E-state index is 0.0914. The molecule has 0 radical (unpaired) electrons. The molecule has 1 saturated heterocycles. The fraction of sp³-hybridized carbons (Fsp3) is 1.00. The van der Waals surface area contributed by atoms with Gasteiger partial charge in [0.2, 0.25) is 0 Å². The van der Waals surface area contributed by atoms with Gasteiger partial charge >= 0.3 is 0 Å². The molecule has 1 heterocycles. The number of hydrogen-bond acceptors (Lipinski definition) is 2. The van der Waals surface area contributed by atoms with Crippen molar-refractivity contribution in [3.05, 3.63) is 0 Å². The van der Waals surface area contributed by atoms with Crippen LogP contribution in [0.3, 0.4) is 0 Å². The minimum atomic E-state index is -0.488. The van der Waals surface area contributed by atoms with Gasteiger partial charge in [-0.2, -0.15) is 0 Å². The predicted molar refractivity (Wildman–Crippen MR) is 30.8 cm³/mol. The third kappa shape index (κ3) is 1.62. The highest BCUT2D eigenvalue weighted by molar-refractivity contribution is 6.17. The van der Waals surface area contributed by atoms with Crippen molar-refractivity contribution in [3.63, 3.8) is 0 Å². The molecule has 3 heteroatoms. The molecule has 0 aromatic carbocycles. The number of epoxide rings is 1. The Kier molecular flexibility index (Phi) is 2.11. The van der Waals surface area contributed by atoms with Gasteiger partial charge in [0.05, 0.1) is 0 Å². The molecule has 0 amide bonds. The van der Waals surface area contributed by atoms with E-state index in [4.69, 9.17) is 21.4 Å². The molecule has 1 fully saturated rings. The van der Waals surface area contributed by atoms with Crippen molar-refractivity contribution in [1.82, 2.24) is 0 Å². The first kappa shape index (κ1) is 6.33. The highest BCUT2D eigenvalue weighted by Gasteiger charge is 2.35. The van der Waals surface area contributed by atoms with Crippen LogP contribution in [0.2, 0.25) is 0 Å². The first-order valence-electron chi connectivity index (χ1n) is 2.74. The second-order valence-electron chi connectivity index (χ2n) is 1.90. The fourth-order valence-corrected chi connectivity index (χ4v) is 0.777. The topological polar surface area (TPSA) is 32.8 Å². The van der Waals surface area contributed by atoms with Crippen molar-refractivity contribution < 1.29 is 9.84 Å². The van der Waals surface area contributed by atoms with Crippen molar-refractivity contribution >= 4 is 11.6 Å². The van der Waals surface area contributed by atoms with E-state index in [0.29, 0.717) is 5.88 Å². The van der Waals surface area contributed by atoms with Crippen molar-refractivity contribution in [2.45, 2.75) is 25.2 Å². The van der Waals surface area contributed by atoms with Crippen molar-refractivity contribution in [2.24, 2.45) is 0 Å². The first-order chi connectivity index (χ1) is 3.84. The molecule has 1 aliphatic rings. The van der Waals surface area contributed by atoms with E-state index in [1.807, 2.05) is 0 Å². The highest BCUT2D eigenvalue weighted by Crippen LogP contribution is 2.23. The summed E-state index contributed by atoms with van der Waals surface area (Å²) in [5, 5.41) is 8.59. The van der Waals surface area contributed by atoms with Crippen LogP contribution in [-0.4, -0.2) is 23.4 Å². The van der Waals surface area contributed by atoms with Crippen LogP contribution in [0.25, 0.3) is 0 Å². The standard InChI is InChI=1S/C5H9ClO2/c6-3-1-2-4-5(7)8-4/h4-5,7H,1-3H2. The van der Waals surface area contributed by atoms with Gasteiger partial charge in [-0.25, -0.2) is 0 Å². The summed E-state index contributed by atoms with van der Waals surface area (Å²) in [7, 11) is 0. The molecule has 1 aliphatic heterocycles. The lowest BCUT2D eigenvalue weighted by Gasteiger charge is -1.85. The maximum Gasteiger partial charge on any atom is 0.181 e. The van der Waals surface area contributed by atoms with Gasteiger partial charge in [-0.15, -0.1) is 11.6 Å². The van der Waals surface area contributed by atoms with Gasteiger partial charge < -0.3 is 9.84 Å². The number of alkyl halides is 1. The molecule has 2 atom stereocenters. The summed E-state index contributed by atoms with van der Waals surface area (Å²) in [6.45, 7) is 0. The van der Waals surface area contributed by atoms with E-state index in [1.165, 1.54) is 0 Å². The molecule has 8 heavy (non-hydrogen) atoms. The monoisotopic (exact) mass is 136 g/mol. The van der Waals surface area contributed by atoms with Crippen LogP contribution in [-0.2, 0) is 4.74 Å². The van der Waals surface area contributed by atoms with Gasteiger partial charge in [0.15, 0.2) is 6.29 Å². The SMILES string of the molecule is OC1OC1CCCCl. The minimum Gasteiger partial charge on any atom is -0.366 e. The second kappa shape index (κ2) is 2.67. The molecule has 0 aromatic heterocycles. The zero-order chi connectivity index (χ0) is 5.98. The molecule has 1 N–H and O–H groups in total. The Morgan fingerprint density at radius 2 is 2.25 bits per heavy atom. The normalized spacial score (nSPS) is 35.2. The predicted octanol–water partition coefficient (Wildman–Crippen LogP) is 0.723. The van der Waals surface area contributed by atoms with Crippen molar-refractivity contribution in [1.29, 1.82) is 0 Å². The number of hydrogen-bond donors (Lipinski definition) is 1. The van der Waals surface area contributed by atoms with Gasteiger partial charge in [-0.05, 0) is 12.8 Å². The molecule has 0 aromatic rings. The van der Waals surface area contributed by atoms with Crippen LogP contribution < -0.4 is 0 Å². The Balaban J connectivity index is 1.89. The van der Waals surface area contributed by atoms with Crippen LogP contribution in [0.5, 0.6) is 0 Å². The fourth-order valence-electron chi connectivity index (χ4n) is 0.623. The molecular weight excluding hydrogens is 128 g/mol. The van der Waals surface area contributed by atoms with Crippen LogP contribution in [0, 0.1) is 0 Å².